The summed E-state index contributed by atoms with van der Waals surface area (Å²) in [6.45, 7) is 6.14. The fourth-order valence-corrected chi connectivity index (χ4v) is 2.16. The normalized spacial score (nSPS) is 10.7. The van der Waals surface area contributed by atoms with Gasteiger partial charge in [-0.2, -0.15) is 0 Å². The van der Waals surface area contributed by atoms with Gasteiger partial charge < -0.3 is 5.32 Å². The molecule has 1 heterocycles. The Bertz CT molecular complexity index is 627. The van der Waals surface area contributed by atoms with E-state index in [1.54, 1.807) is 6.92 Å². The zero-order valence-electron chi connectivity index (χ0n) is 11.8. The van der Waals surface area contributed by atoms with Gasteiger partial charge in [0, 0.05) is 12.1 Å². The number of halogens is 2. The molecule has 2 rings (SSSR count). The Balaban J connectivity index is 2.70. The van der Waals surface area contributed by atoms with Crippen LogP contribution in [0.1, 0.15) is 25.0 Å². The monoisotopic (exact) mass is 277 g/mol. The van der Waals surface area contributed by atoms with E-state index in [0.29, 0.717) is 30.0 Å². The first-order valence-corrected chi connectivity index (χ1v) is 6.62. The van der Waals surface area contributed by atoms with Crippen molar-refractivity contribution in [3.63, 3.8) is 0 Å². The summed E-state index contributed by atoms with van der Waals surface area (Å²) >= 11 is 0. The Morgan fingerprint density at radius 2 is 1.90 bits per heavy atom. The third kappa shape index (κ3) is 2.48. The molecule has 2 aromatic rings. The van der Waals surface area contributed by atoms with Crippen molar-refractivity contribution in [3.8, 4) is 11.3 Å². The molecule has 20 heavy (non-hydrogen) atoms. The summed E-state index contributed by atoms with van der Waals surface area (Å²) in [7, 11) is 0. The molecule has 5 heteroatoms. The molecule has 3 nitrogen and oxygen atoms in total. The summed E-state index contributed by atoms with van der Waals surface area (Å²) < 4.78 is 28.3. The summed E-state index contributed by atoms with van der Waals surface area (Å²) in [5.41, 5.74) is 1.35. The predicted octanol–water partition coefficient (Wildman–Crippen LogP) is 3.72. The minimum Gasteiger partial charge on any atom is -0.370 e. The quantitative estimate of drug-likeness (QED) is 0.925. The highest BCUT2D eigenvalue weighted by Crippen LogP contribution is 2.31. The van der Waals surface area contributed by atoms with Crippen LogP contribution >= 0.6 is 0 Å². The highest BCUT2D eigenvalue weighted by atomic mass is 19.1. The van der Waals surface area contributed by atoms with E-state index < -0.39 is 11.6 Å². The zero-order valence-corrected chi connectivity index (χ0v) is 11.8. The first-order valence-electron chi connectivity index (χ1n) is 6.62. The molecule has 0 unspecified atom stereocenters. The average molecular weight is 277 g/mol. The van der Waals surface area contributed by atoms with Crippen LogP contribution in [-0.4, -0.2) is 16.5 Å². The van der Waals surface area contributed by atoms with Crippen molar-refractivity contribution in [1.82, 2.24) is 9.97 Å². The summed E-state index contributed by atoms with van der Waals surface area (Å²) in [6.07, 6.45) is 1.92. The van der Waals surface area contributed by atoms with Crippen LogP contribution in [0.2, 0.25) is 0 Å². The lowest BCUT2D eigenvalue weighted by Gasteiger charge is -2.14. The van der Waals surface area contributed by atoms with E-state index in [1.165, 1.54) is 18.5 Å². The van der Waals surface area contributed by atoms with Crippen molar-refractivity contribution in [2.45, 2.75) is 27.2 Å². The lowest BCUT2D eigenvalue weighted by molar-refractivity contribution is 0.582. The topological polar surface area (TPSA) is 37.8 Å². The van der Waals surface area contributed by atoms with E-state index in [-0.39, 0.29) is 5.56 Å². The van der Waals surface area contributed by atoms with Crippen molar-refractivity contribution in [1.29, 1.82) is 0 Å². The lowest BCUT2D eigenvalue weighted by Crippen LogP contribution is -2.07. The molecule has 0 aliphatic rings. The Hall–Kier alpha value is -2.04. The zero-order chi connectivity index (χ0) is 14.7. The molecule has 1 aromatic heterocycles. The molecule has 0 saturated carbocycles. The van der Waals surface area contributed by atoms with Crippen LogP contribution in [0.25, 0.3) is 11.3 Å². The van der Waals surface area contributed by atoms with Gasteiger partial charge in [0.25, 0.3) is 0 Å². The summed E-state index contributed by atoms with van der Waals surface area (Å²) in [5, 5.41) is 3.09. The number of nitrogens with one attached hydrogen (secondary N) is 1. The van der Waals surface area contributed by atoms with Gasteiger partial charge in [0.1, 0.15) is 23.8 Å². The Kier molecular flexibility index (Phi) is 4.27. The molecule has 0 fully saturated rings. The first-order chi connectivity index (χ1) is 9.60. The maximum Gasteiger partial charge on any atom is 0.138 e. The van der Waals surface area contributed by atoms with Crippen LogP contribution in [0.3, 0.4) is 0 Å². The number of anilines is 1. The molecular weight excluding hydrogens is 260 g/mol. The van der Waals surface area contributed by atoms with E-state index in [9.17, 15) is 8.78 Å². The van der Waals surface area contributed by atoms with Gasteiger partial charge in [-0.25, -0.2) is 18.7 Å². The summed E-state index contributed by atoms with van der Waals surface area (Å²) in [6, 6.07) is 2.69. The van der Waals surface area contributed by atoms with Gasteiger partial charge in [0.05, 0.1) is 11.3 Å². The number of aromatic nitrogens is 2. The molecule has 106 valence electrons. The van der Waals surface area contributed by atoms with Crippen molar-refractivity contribution in [2.24, 2.45) is 0 Å². The van der Waals surface area contributed by atoms with Gasteiger partial charge in [-0.1, -0.05) is 13.0 Å². The van der Waals surface area contributed by atoms with Gasteiger partial charge in [-0.15, -0.1) is 0 Å². The molecular formula is C15H17F2N3. The van der Waals surface area contributed by atoms with Crippen molar-refractivity contribution < 1.29 is 8.78 Å². The SMILES string of the molecule is CCNc1ncnc(-c2c(F)ccc(C)c2F)c1CC. The standard InChI is InChI=1S/C15H17F2N3/c1-4-10-14(19-8-20-15(10)18-5-2)12-11(16)7-6-9(3)13(12)17/h6-8H,4-5H2,1-3H3,(H,18,19,20). The van der Waals surface area contributed by atoms with Crippen LogP contribution < -0.4 is 5.32 Å². The van der Waals surface area contributed by atoms with Gasteiger partial charge in [-0.3, -0.25) is 0 Å². The molecule has 1 N–H and O–H groups in total. The van der Waals surface area contributed by atoms with Crippen LogP contribution in [0.15, 0.2) is 18.5 Å². The van der Waals surface area contributed by atoms with Crippen LogP contribution in [0.4, 0.5) is 14.6 Å². The van der Waals surface area contributed by atoms with E-state index >= 15 is 0 Å². The van der Waals surface area contributed by atoms with E-state index in [0.717, 1.165) is 5.56 Å². The largest absolute Gasteiger partial charge is 0.370 e. The van der Waals surface area contributed by atoms with Crippen molar-refractivity contribution in [3.05, 3.63) is 41.2 Å². The van der Waals surface area contributed by atoms with Gasteiger partial charge in [0.15, 0.2) is 0 Å². The Morgan fingerprint density at radius 3 is 2.55 bits per heavy atom. The smallest absolute Gasteiger partial charge is 0.138 e. The number of rotatable bonds is 4. The minimum absolute atomic E-state index is 0.0802. The van der Waals surface area contributed by atoms with Crippen molar-refractivity contribution in [2.75, 3.05) is 11.9 Å². The third-order valence-corrected chi connectivity index (χ3v) is 3.16. The van der Waals surface area contributed by atoms with E-state index in [1.807, 2.05) is 13.8 Å². The highest BCUT2D eigenvalue weighted by molar-refractivity contribution is 5.70. The number of hydrogen-bond donors (Lipinski definition) is 1. The minimum atomic E-state index is -0.607. The van der Waals surface area contributed by atoms with Crippen LogP contribution in [0.5, 0.6) is 0 Å². The highest BCUT2D eigenvalue weighted by Gasteiger charge is 2.19. The van der Waals surface area contributed by atoms with Gasteiger partial charge in [0.2, 0.25) is 0 Å². The van der Waals surface area contributed by atoms with Gasteiger partial charge in [-0.05, 0) is 31.9 Å². The summed E-state index contributed by atoms with van der Waals surface area (Å²) in [5.74, 6) is -0.551. The molecule has 1 aromatic carbocycles. The average Bonchev–Trinajstić information content (AvgIpc) is 2.44. The van der Waals surface area contributed by atoms with Crippen LogP contribution in [0, 0.1) is 18.6 Å². The second kappa shape index (κ2) is 5.94. The fourth-order valence-electron chi connectivity index (χ4n) is 2.16. The second-order valence-electron chi connectivity index (χ2n) is 4.49. The van der Waals surface area contributed by atoms with E-state index in [2.05, 4.69) is 15.3 Å². The lowest BCUT2D eigenvalue weighted by atomic mass is 10.0. The Labute approximate surface area is 117 Å². The molecule has 0 spiro atoms. The molecule has 0 atom stereocenters. The second-order valence-corrected chi connectivity index (χ2v) is 4.49. The molecule has 0 radical (unpaired) electrons. The Morgan fingerprint density at radius 1 is 1.15 bits per heavy atom. The van der Waals surface area contributed by atoms with E-state index in [4.69, 9.17) is 0 Å². The summed E-state index contributed by atoms with van der Waals surface area (Å²) in [4.78, 5) is 8.23. The number of hydrogen-bond acceptors (Lipinski definition) is 3. The predicted molar refractivity (Wildman–Crippen MR) is 75.7 cm³/mol. The van der Waals surface area contributed by atoms with Crippen LogP contribution in [-0.2, 0) is 6.42 Å². The maximum atomic E-state index is 14.3. The fraction of sp³-hybridized carbons (Fsp3) is 0.333. The van der Waals surface area contributed by atoms with Gasteiger partial charge >= 0.3 is 0 Å². The number of benzene rings is 1. The molecule has 0 saturated heterocycles. The first kappa shape index (κ1) is 14.4. The number of aryl methyl sites for hydroxylation is 1. The molecule has 0 amide bonds. The molecule has 0 aliphatic carbocycles. The van der Waals surface area contributed by atoms with Crippen molar-refractivity contribution >= 4 is 5.82 Å². The molecule has 0 aliphatic heterocycles. The molecule has 0 bridgehead atoms. The third-order valence-electron chi connectivity index (χ3n) is 3.16. The number of nitrogens with zero attached hydrogens (tertiary/aromatic N) is 2. The maximum absolute atomic E-state index is 14.3.